The van der Waals surface area contributed by atoms with Crippen LogP contribution in [0, 0.1) is 0 Å². The van der Waals surface area contributed by atoms with Crippen LogP contribution in [0.2, 0.25) is 0 Å². The lowest BCUT2D eigenvalue weighted by molar-refractivity contribution is 0.161. The van der Waals surface area contributed by atoms with Gasteiger partial charge in [0.15, 0.2) is 0 Å². The van der Waals surface area contributed by atoms with Crippen LogP contribution in [0.1, 0.15) is 20.8 Å². The predicted octanol–water partition coefficient (Wildman–Crippen LogP) is 0.657. The number of nitrogens with one attached hydrogen (secondary N) is 2. The molecule has 0 bridgehead atoms. The lowest BCUT2D eigenvalue weighted by Gasteiger charge is -2.19. The molecule has 0 aromatic carbocycles. The van der Waals surface area contributed by atoms with Gasteiger partial charge in [0.1, 0.15) is 6.61 Å². The Kier molecular flexibility index (Phi) is 6.99. The number of anilines is 3. The van der Waals surface area contributed by atoms with Crippen molar-refractivity contribution >= 4 is 23.9 Å². The second-order valence-electron chi connectivity index (χ2n) is 4.08. The Morgan fingerprint density at radius 1 is 1.14 bits per heavy atom. The second kappa shape index (κ2) is 8.77. The molecule has 118 valence electrons. The fourth-order valence-electron chi connectivity index (χ4n) is 1.64. The smallest absolute Gasteiger partial charge is 0.404 e. The highest BCUT2D eigenvalue weighted by Gasteiger charge is 2.10. The van der Waals surface area contributed by atoms with E-state index < -0.39 is 6.09 Å². The van der Waals surface area contributed by atoms with Gasteiger partial charge in [0.05, 0.1) is 6.54 Å². The first kappa shape index (κ1) is 16.7. The second-order valence-corrected chi connectivity index (χ2v) is 4.08. The molecule has 0 aliphatic rings. The SMILES string of the molecule is CCNc1nc(NCCOC(N)=O)nc(N(CC)CC)n1. The topological polar surface area (TPSA) is 118 Å². The zero-order chi connectivity index (χ0) is 15.7. The first-order valence-corrected chi connectivity index (χ1v) is 7.01. The largest absolute Gasteiger partial charge is 0.448 e. The van der Waals surface area contributed by atoms with E-state index in [9.17, 15) is 4.79 Å². The molecule has 21 heavy (non-hydrogen) atoms. The van der Waals surface area contributed by atoms with E-state index in [1.54, 1.807) is 0 Å². The van der Waals surface area contributed by atoms with Crippen LogP contribution >= 0.6 is 0 Å². The van der Waals surface area contributed by atoms with Gasteiger partial charge in [-0.1, -0.05) is 0 Å². The maximum Gasteiger partial charge on any atom is 0.404 e. The van der Waals surface area contributed by atoms with E-state index in [-0.39, 0.29) is 6.61 Å². The average molecular weight is 297 g/mol. The minimum Gasteiger partial charge on any atom is -0.448 e. The van der Waals surface area contributed by atoms with Gasteiger partial charge in [-0.2, -0.15) is 15.0 Å². The molecule has 9 heteroatoms. The van der Waals surface area contributed by atoms with Crippen LogP contribution in [0.15, 0.2) is 0 Å². The number of hydrogen-bond acceptors (Lipinski definition) is 8. The molecule has 0 aliphatic heterocycles. The Labute approximate surface area is 124 Å². The standard InChI is InChI=1S/C12H23N7O2/c1-4-14-10-16-11(15-7-8-21-9(13)20)18-12(17-10)19(5-2)6-3/h4-8H2,1-3H3,(H2,13,20)(H2,14,15,16,17,18). The quantitative estimate of drug-likeness (QED) is 0.569. The van der Waals surface area contributed by atoms with Gasteiger partial charge in [-0.3, -0.25) is 0 Å². The van der Waals surface area contributed by atoms with Crippen molar-refractivity contribution in [1.82, 2.24) is 15.0 Å². The first-order chi connectivity index (χ1) is 10.1. The molecule has 0 radical (unpaired) electrons. The summed E-state index contributed by atoms with van der Waals surface area (Å²) in [5.74, 6) is 1.54. The van der Waals surface area contributed by atoms with Gasteiger partial charge in [-0.05, 0) is 20.8 Å². The predicted molar refractivity (Wildman–Crippen MR) is 81.6 cm³/mol. The molecule has 1 aromatic rings. The number of hydrogen-bond donors (Lipinski definition) is 3. The van der Waals surface area contributed by atoms with Crippen LogP contribution in [-0.2, 0) is 4.74 Å². The minimum atomic E-state index is -0.801. The summed E-state index contributed by atoms with van der Waals surface area (Å²) in [6.07, 6.45) is -0.801. The molecule has 9 nitrogen and oxygen atoms in total. The molecular weight excluding hydrogens is 274 g/mol. The number of nitrogens with zero attached hydrogens (tertiary/aromatic N) is 4. The van der Waals surface area contributed by atoms with Crippen molar-refractivity contribution in [2.24, 2.45) is 5.73 Å². The highest BCUT2D eigenvalue weighted by molar-refractivity contribution is 5.64. The van der Waals surface area contributed by atoms with Gasteiger partial charge >= 0.3 is 6.09 Å². The molecule has 0 atom stereocenters. The van der Waals surface area contributed by atoms with E-state index >= 15 is 0 Å². The van der Waals surface area contributed by atoms with Gasteiger partial charge in [0.2, 0.25) is 17.8 Å². The third-order valence-corrected chi connectivity index (χ3v) is 2.63. The number of carbonyl (C=O) groups is 1. The molecule has 0 fully saturated rings. The van der Waals surface area contributed by atoms with Crippen LogP contribution in [0.4, 0.5) is 22.6 Å². The van der Waals surface area contributed by atoms with E-state index in [1.807, 2.05) is 25.7 Å². The number of primary amides is 1. The third kappa shape index (κ3) is 5.67. The van der Waals surface area contributed by atoms with Crippen molar-refractivity contribution < 1.29 is 9.53 Å². The summed E-state index contributed by atoms with van der Waals surface area (Å²) in [6.45, 7) is 8.88. The fourth-order valence-corrected chi connectivity index (χ4v) is 1.64. The van der Waals surface area contributed by atoms with E-state index in [1.165, 1.54) is 0 Å². The number of amides is 1. The van der Waals surface area contributed by atoms with E-state index in [0.717, 1.165) is 13.1 Å². The molecule has 1 aromatic heterocycles. The summed E-state index contributed by atoms with van der Waals surface area (Å²) in [6, 6.07) is 0. The van der Waals surface area contributed by atoms with E-state index in [2.05, 4.69) is 30.3 Å². The fraction of sp³-hybridized carbons (Fsp3) is 0.667. The third-order valence-electron chi connectivity index (χ3n) is 2.63. The summed E-state index contributed by atoms with van der Waals surface area (Å²) >= 11 is 0. The van der Waals surface area contributed by atoms with Crippen LogP contribution in [0.5, 0.6) is 0 Å². The Morgan fingerprint density at radius 3 is 2.29 bits per heavy atom. The molecule has 0 spiro atoms. The van der Waals surface area contributed by atoms with Gasteiger partial charge < -0.3 is 26.0 Å². The zero-order valence-electron chi connectivity index (χ0n) is 12.7. The highest BCUT2D eigenvalue weighted by atomic mass is 16.5. The van der Waals surface area contributed by atoms with Crippen molar-refractivity contribution in [2.75, 3.05) is 48.3 Å². The van der Waals surface area contributed by atoms with Crippen molar-refractivity contribution in [1.29, 1.82) is 0 Å². The summed E-state index contributed by atoms with van der Waals surface area (Å²) in [5, 5.41) is 6.05. The number of rotatable bonds is 9. The van der Waals surface area contributed by atoms with Crippen LogP contribution in [0.3, 0.4) is 0 Å². The van der Waals surface area contributed by atoms with Gasteiger partial charge in [-0.15, -0.1) is 0 Å². The van der Waals surface area contributed by atoms with Gasteiger partial charge in [0.25, 0.3) is 0 Å². The Balaban J connectivity index is 2.78. The molecule has 0 unspecified atom stereocenters. The lowest BCUT2D eigenvalue weighted by Crippen LogP contribution is -2.26. The molecule has 1 heterocycles. The van der Waals surface area contributed by atoms with Crippen molar-refractivity contribution in [3.8, 4) is 0 Å². The van der Waals surface area contributed by atoms with Crippen molar-refractivity contribution in [3.05, 3.63) is 0 Å². The average Bonchev–Trinajstić information content (AvgIpc) is 2.45. The summed E-state index contributed by atoms with van der Waals surface area (Å²) in [5.41, 5.74) is 4.89. The van der Waals surface area contributed by atoms with Crippen LogP contribution < -0.4 is 21.3 Å². The van der Waals surface area contributed by atoms with Crippen molar-refractivity contribution in [2.45, 2.75) is 20.8 Å². The lowest BCUT2D eigenvalue weighted by atomic mass is 10.5. The Morgan fingerprint density at radius 2 is 1.76 bits per heavy atom. The number of aromatic nitrogens is 3. The summed E-state index contributed by atoms with van der Waals surface area (Å²) in [7, 11) is 0. The van der Waals surface area contributed by atoms with Crippen LogP contribution in [-0.4, -0.2) is 53.8 Å². The molecule has 0 aliphatic carbocycles. The maximum absolute atomic E-state index is 10.5. The number of carbonyl (C=O) groups excluding carboxylic acids is 1. The van der Waals surface area contributed by atoms with Crippen molar-refractivity contribution in [3.63, 3.8) is 0 Å². The first-order valence-electron chi connectivity index (χ1n) is 7.01. The zero-order valence-corrected chi connectivity index (χ0v) is 12.7. The molecule has 0 saturated carbocycles. The Bertz CT molecular complexity index is 451. The maximum atomic E-state index is 10.5. The Hall–Kier alpha value is -2.32. The number of nitrogens with two attached hydrogens (primary N) is 1. The molecule has 0 saturated heterocycles. The minimum absolute atomic E-state index is 0.151. The molecule has 4 N–H and O–H groups in total. The molecular formula is C12H23N7O2. The normalized spacial score (nSPS) is 10.0. The molecule has 1 amide bonds. The summed E-state index contributed by atoms with van der Waals surface area (Å²) in [4.78, 5) is 25.5. The highest BCUT2D eigenvalue weighted by Crippen LogP contribution is 2.13. The van der Waals surface area contributed by atoms with Gasteiger partial charge in [-0.25, -0.2) is 4.79 Å². The van der Waals surface area contributed by atoms with Crippen LogP contribution in [0.25, 0.3) is 0 Å². The van der Waals surface area contributed by atoms with E-state index in [0.29, 0.717) is 30.9 Å². The summed E-state index contributed by atoms with van der Waals surface area (Å²) < 4.78 is 4.64. The molecule has 1 rings (SSSR count). The number of ether oxygens (including phenoxy) is 1. The van der Waals surface area contributed by atoms with Gasteiger partial charge in [0, 0.05) is 19.6 Å². The van der Waals surface area contributed by atoms with E-state index in [4.69, 9.17) is 5.73 Å². The monoisotopic (exact) mass is 297 g/mol.